The van der Waals surface area contributed by atoms with Crippen LogP contribution in [0.4, 0.5) is 5.95 Å². The molecule has 3 aromatic heterocycles. The van der Waals surface area contributed by atoms with Crippen molar-refractivity contribution in [3.8, 4) is 11.3 Å². The second-order valence-corrected chi connectivity index (χ2v) is 6.60. The molecule has 28 heavy (non-hydrogen) atoms. The lowest BCUT2D eigenvalue weighted by Crippen LogP contribution is -2.09. The number of fused-ring (bicyclic) bond motifs is 2. The molecule has 0 aliphatic carbocycles. The molecule has 1 atom stereocenters. The van der Waals surface area contributed by atoms with E-state index in [4.69, 9.17) is 0 Å². The van der Waals surface area contributed by atoms with Crippen LogP contribution in [0.2, 0.25) is 0 Å². The average molecular weight is 367 g/mol. The Bertz CT molecular complexity index is 1260. The SMILES string of the molecule is CC(Nc1ncc2cc(-c3ncnc4[nH]ncc34)ccc2n1)c1ccccc1. The standard InChI is InChI=1S/C21H17N7/c1-13(14-5-3-2-4-6-14)26-21-22-10-16-9-15(7-8-18(16)27-21)19-17-11-25-28-20(17)24-12-23-19/h2-13H,1H3,(H,22,26,27)(H,23,24,25,28). The smallest absolute Gasteiger partial charge is 0.223 e. The summed E-state index contributed by atoms with van der Waals surface area (Å²) in [6.07, 6.45) is 5.11. The average Bonchev–Trinajstić information content (AvgIpc) is 3.23. The third-order valence-corrected chi connectivity index (χ3v) is 4.75. The van der Waals surface area contributed by atoms with Crippen LogP contribution in [0.3, 0.4) is 0 Å². The number of H-pyrrole nitrogens is 1. The van der Waals surface area contributed by atoms with E-state index in [0.717, 1.165) is 33.2 Å². The van der Waals surface area contributed by atoms with Gasteiger partial charge in [-0.1, -0.05) is 36.4 Å². The second-order valence-electron chi connectivity index (χ2n) is 6.60. The van der Waals surface area contributed by atoms with Gasteiger partial charge in [-0.15, -0.1) is 0 Å². The highest BCUT2D eigenvalue weighted by Gasteiger charge is 2.11. The summed E-state index contributed by atoms with van der Waals surface area (Å²) in [5.41, 5.74) is 4.59. The summed E-state index contributed by atoms with van der Waals surface area (Å²) in [4.78, 5) is 17.8. The van der Waals surface area contributed by atoms with E-state index in [-0.39, 0.29) is 6.04 Å². The van der Waals surface area contributed by atoms with Crippen molar-refractivity contribution in [3.05, 3.63) is 72.8 Å². The molecular formula is C21H17N7. The molecule has 0 saturated heterocycles. The van der Waals surface area contributed by atoms with E-state index in [1.807, 2.05) is 42.6 Å². The predicted octanol–water partition coefficient (Wildman–Crippen LogP) is 4.14. The fraction of sp³-hybridized carbons (Fsp3) is 0.0952. The van der Waals surface area contributed by atoms with Gasteiger partial charge >= 0.3 is 0 Å². The minimum atomic E-state index is 0.119. The van der Waals surface area contributed by atoms with Gasteiger partial charge in [0.25, 0.3) is 0 Å². The highest BCUT2D eigenvalue weighted by atomic mass is 15.1. The molecule has 0 aliphatic rings. The zero-order valence-corrected chi connectivity index (χ0v) is 15.2. The van der Waals surface area contributed by atoms with E-state index < -0.39 is 0 Å². The summed E-state index contributed by atoms with van der Waals surface area (Å²) >= 11 is 0. The van der Waals surface area contributed by atoms with Crippen molar-refractivity contribution in [3.63, 3.8) is 0 Å². The van der Waals surface area contributed by atoms with Crippen molar-refractivity contribution in [1.82, 2.24) is 30.1 Å². The fourth-order valence-electron chi connectivity index (χ4n) is 3.26. The summed E-state index contributed by atoms with van der Waals surface area (Å²) in [6, 6.07) is 16.4. The maximum absolute atomic E-state index is 4.65. The van der Waals surface area contributed by atoms with E-state index in [2.05, 4.69) is 54.5 Å². The molecule has 0 saturated carbocycles. The highest BCUT2D eigenvalue weighted by molar-refractivity contribution is 5.93. The van der Waals surface area contributed by atoms with Crippen LogP contribution >= 0.6 is 0 Å². The molecule has 2 N–H and O–H groups in total. The Balaban J connectivity index is 1.47. The minimum Gasteiger partial charge on any atom is -0.348 e. The molecule has 0 amide bonds. The molecule has 0 radical (unpaired) electrons. The lowest BCUT2D eigenvalue weighted by Gasteiger charge is -2.14. The first kappa shape index (κ1) is 16.3. The largest absolute Gasteiger partial charge is 0.348 e. The summed E-state index contributed by atoms with van der Waals surface area (Å²) in [7, 11) is 0. The van der Waals surface area contributed by atoms with Gasteiger partial charge in [0, 0.05) is 17.1 Å². The number of benzene rings is 2. The van der Waals surface area contributed by atoms with Crippen LogP contribution in [0.25, 0.3) is 33.2 Å². The summed E-state index contributed by atoms with van der Waals surface area (Å²) in [6.45, 7) is 2.09. The monoisotopic (exact) mass is 367 g/mol. The number of nitrogens with one attached hydrogen (secondary N) is 2. The number of aromatic amines is 1. The molecule has 7 heteroatoms. The topological polar surface area (TPSA) is 92.3 Å². The van der Waals surface area contributed by atoms with E-state index in [0.29, 0.717) is 5.95 Å². The maximum Gasteiger partial charge on any atom is 0.223 e. The van der Waals surface area contributed by atoms with E-state index in [1.54, 1.807) is 6.20 Å². The first-order valence-corrected chi connectivity index (χ1v) is 9.01. The number of nitrogens with zero attached hydrogens (tertiary/aromatic N) is 5. The summed E-state index contributed by atoms with van der Waals surface area (Å²) < 4.78 is 0. The Hall–Kier alpha value is -3.87. The van der Waals surface area contributed by atoms with Gasteiger partial charge in [-0.25, -0.2) is 19.9 Å². The highest BCUT2D eigenvalue weighted by Crippen LogP contribution is 2.27. The molecule has 5 aromatic rings. The number of rotatable bonds is 4. The first-order valence-electron chi connectivity index (χ1n) is 9.01. The van der Waals surface area contributed by atoms with Crippen LogP contribution < -0.4 is 5.32 Å². The lowest BCUT2D eigenvalue weighted by atomic mass is 10.1. The molecule has 0 fully saturated rings. The Morgan fingerprint density at radius 2 is 1.86 bits per heavy atom. The lowest BCUT2D eigenvalue weighted by molar-refractivity contribution is 0.864. The van der Waals surface area contributed by atoms with Crippen molar-refractivity contribution in [1.29, 1.82) is 0 Å². The molecule has 2 aromatic carbocycles. The van der Waals surface area contributed by atoms with Gasteiger partial charge < -0.3 is 5.32 Å². The quantitative estimate of drug-likeness (QED) is 0.496. The molecule has 0 bridgehead atoms. The van der Waals surface area contributed by atoms with E-state index in [9.17, 15) is 0 Å². The summed E-state index contributed by atoms with van der Waals surface area (Å²) in [5.74, 6) is 0.607. The van der Waals surface area contributed by atoms with Crippen LogP contribution in [-0.2, 0) is 0 Å². The molecule has 136 valence electrons. The Labute approximate surface area is 160 Å². The molecule has 0 spiro atoms. The van der Waals surface area contributed by atoms with Gasteiger partial charge in [-0.05, 0) is 24.6 Å². The van der Waals surface area contributed by atoms with Gasteiger partial charge in [-0.2, -0.15) is 5.10 Å². The van der Waals surface area contributed by atoms with Crippen LogP contribution in [0.1, 0.15) is 18.5 Å². The Morgan fingerprint density at radius 3 is 2.75 bits per heavy atom. The number of aromatic nitrogens is 6. The molecular weight excluding hydrogens is 350 g/mol. The zero-order valence-electron chi connectivity index (χ0n) is 15.2. The first-order chi connectivity index (χ1) is 13.8. The second kappa shape index (κ2) is 6.70. The van der Waals surface area contributed by atoms with Gasteiger partial charge in [0.2, 0.25) is 5.95 Å². The van der Waals surface area contributed by atoms with Crippen LogP contribution in [0, 0.1) is 0 Å². The normalized spacial score (nSPS) is 12.3. The van der Waals surface area contributed by atoms with Crippen LogP contribution in [-0.4, -0.2) is 30.1 Å². The minimum absolute atomic E-state index is 0.119. The molecule has 5 rings (SSSR count). The molecule has 3 heterocycles. The number of hydrogen-bond donors (Lipinski definition) is 2. The Kier molecular flexibility index (Phi) is 3.90. The maximum atomic E-state index is 4.65. The number of hydrogen-bond acceptors (Lipinski definition) is 6. The van der Waals surface area contributed by atoms with Crippen molar-refractivity contribution in [2.75, 3.05) is 5.32 Å². The van der Waals surface area contributed by atoms with Crippen molar-refractivity contribution < 1.29 is 0 Å². The third kappa shape index (κ3) is 2.92. The fourth-order valence-corrected chi connectivity index (χ4v) is 3.26. The van der Waals surface area contributed by atoms with Crippen molar-refractivity contribution in [2.45, 2.75) is 13.0 Å². The third-order valence-electron chi connectivity index (χ3n) is 4.75. The number of anilines is 1. The zero-order chi connectivity index (χ0) is 18.9. The van der Waals surface area contributed by atoms with Crippen molar-refractivity contribution >= 4 is 27.9 Å². The van der Waals surface area contributed by atoms with Crippen LogP contribution in [0.15, 0.2) is 67.3 Å². The predicted molar refractivity (Wildman–Crippen MR) is 109 cm³/mol. The van der Waals surface area contributed by atoms with Crippen LogP contribution in [0.5, 0.6) is 0 Å². The van der Waals surface area contributed by atoms with Crippen molar-refractivity contribution in [2.24, 2.45) is 0 Å². The molecule has 0 aliphatic heterocycles. The Morgan fingerprint density at radius 1 is 0.964 bits per heavy atom. The van der Waals surface area contributed by atoms with Gasteiger partial charge in [0.1, 0.15) is 6.33 Å². The van der Waals surface area contributed by atoms with Gasteiger partial charge in [0.05, 0.1) is 28.8 Å². The van der Waals surface area contributed by atoms with E-state index >= 15 is 0 Å². The van der Waals surface area contributed by atoms with Gasteiger partial charge in [0.15, 0.2) is 5.65 Å². The summed E-state index contributed by atoms with van der Waals surface area (Å²) in [5, 5.41) is 12.1. The molecule has 7 nitrogen and oxygen atoms in total. The van der Waals surface area contributed by atoms with E-state index in [1.165, 1.54) is 11.9 Å². The van der Waals surface area contributed by atoms with Gasteiger partial charge in [-0.3, -0.25) is 5.10 Å². The molecule has 1 unspecified atom stereocenters.